The van der Waals surface area contributed by atoms with Crippen molar-refractivity contribution >= 4 is 16.7 Å². The summed E-state index contributed by atoms with van der Waals surface area (Å²) in [4.78, 5) is 6.90. The van der Waals surface area contributed by atoms with Crippen LogP contribution in [0.3, 0.4) is 0 Å². The van der Waals surface area contributed by atoms with Crippen molar-refractivity contribution < 1.29 is 13.7 Å². The highest BCUT2D eigenvalue weighted by molar-refractivity contribution is 5.93. The molecule has 1 aliphatic rings. The minimum atomic E-state index is -0.403. The molecule has 0 spiro atoms. The number of aromatic nitrogens is 4. The molecule has 28 heavy (non-hydrogen) atoms. The molecule has 3 heterocycles. The van der Waals surface area contributed by atoms with Gasteiger partial charge in [0.1, 0.15) is 5.69 Å². The van der Waals surface area contributed by atoms with Crippen molar-refractivity contribution in [3.05, 3.63) is 30.3 Å². The van der Waals surface area contributed by atoms with E-state index in [1.807, 2.05) is 31.5 Å². The number of aryl methyl sites for hydroxylation is 1. The number of nitrogens with one attached hydrogen (secondary N) is 2. The zero-order chi connectivity index (χ0) is 19.8. The first-order valence-corrected chi connectivity index (χ1v) is 9.61. The molecule has 2 aromatic heterocycles. The molecule has 0 aliphatic carbocycles. The van der Waals surface area contributed by atoms with Crippen molar-refractivity contribution in [1.29, 1.82) is 0 Å². The third-order valence-corrected chi connectivity index (χ3v) is 4.91. The van der Waals surface area contributed by atoms with Crippen LogP contribution >= 0.6 is 0 Å². The van der Waals surface area contributed by atoms with Crippen LogP contribution in [-0.2, 0) is 7.05 Å². The van der Waals surface area contributed by atoms with E-state index in [4.69, 9.17) is 4.74 Å². The molecule has 4 rings (SSSR count). The van der Waals surface area contributed by atoms with Crippen molar-refractivity contribution in [3.63, 3.8) is 0 Å². The molecule has 1 aromatic carbocycles. The van der Waals surface area contributed by atoms with Gasteiger partial charge in [-0.25, -0.2) is 8.96 Å². The number of fused-ring (bicyclic) bond motifs is 1. The summed E-state index contributed by atoms with van der Waals surface area (Å²) in [5.41, 5.74) is 2.05. The van der Waals surface area contributed by atoms with Gasteiger partial charge in [-0.1, -0.05) is 0 Å². The second-order valence-corrected chi connectivity index (χ2v) is 7.61. The van der Waals surface area contributed by atoms with Gasteiger partial charge in [-0.3, -0.25) is 10.00 Å². The van der Waals surface area contributed by atoms with Gasteiger partial charge in [0.25, 0.3) is 0 Å². The van der Waals surface area contributed by atoms with Gasteiger partial charge in [0, 0.05) is 24.0 Å². The number of nitrogens with zero attached hydrogens (tertiary/aromatic N) is 4. The Kier molecular flexibility index (Phi) is 4.89. The highest BCUT2D eigenvalue weighted by Crippen LogP contribution is 2.31. The molecule has 0 amide bonds. The van der Waals surface area contributed by atoms with Crippen LogP contribution in [-0.4, -0.2) is 47.0 Å². The average Bonchev–Trinajstić information content (AvgIpc) is 3.04. The van der Waals surface area contributed by atoms with Crippen molar-refractivity contribution in [2.45, 2.75) is 32.9 Å². The Morgan fingerprint density at radius 3 is 2.89 bits per heavy atom. The molecular formula is C20H26FN6O+. The third kappa shape index (κ3) is 3.52. The molecule has 0 bridgehead atoms. The number of rotatable bonds is 4. The Labute approximate surface area is 163 Å². The summed E-state index contributed by atoms with van der Waals surface area (Å²) in [6.45, 7) is 8.73. The van der Waals surface area contributed by atoms with Crippen molar-refractivity contribution in [3.8, 4) is 17.1 Å². The van der Waals surface area contributed by atoms with Crippen LogP contribution in [0, 0.1) is 5.82 Å². The van der Waals surface area contributed by atoms with E-state index in [1.165, 1.54) is 6.07 Å². The number of benzene rings is 1. The first kappa shape index (κ1) is 18.6. The van der Waals surface area contributed by atoms with Crippen LogP contribution in [0.15, 0.2) is 24.5 Å². The summed E-state index contributed by atoms with van der Waals surface area (Å²) in [6.07, 6.45) is 1.69. The van der Waals surface area contributed by atoms with E-state index in [-0.39, 0.29) is 11.9 Å². The smallest absolute Gasteiger partial charge is 0.227 e. The predicted octanol–water partition coefficient (Wildman–Crippen LogP) is 2.17. The number of piperazine rings is 1. The standard InChI is InChI=1S/C20H25FN6O/c1-12(2)28-18-7-14-16(8-15(18)21)24-25-20(14)17-9-19(26(4)11-23-17)27-6-5-22-13(3)10-27/h7-9,11-13,22H,5-6,10H2,1-4H3/p+1. The Hall–Kier alpha value is -2.74. The molecule has 2 N–H and O–H groups in total. The molecule has 7 nitrogen and oxygen atoms in total. The van der Waals surface area contributed by atoms with Crippen LogP contribution in [0.4, 0.5) is 10.2 Å². The van der Waals surface area contributed by atoms with Crippen LogP contribution < -0.4 is 19.5 Å². The second kappa shape index (κ2) is 7.35. The summed E-state index contributed by atoms with van der Waals surface area (Å²) in [5, 5.41) is 11.6. The molecule has 0 saturated carbocycles. The largest absolute Gasteiger partial charge is 0.488 e. The van der Waals surface area contributed by atoms with Crippen molar-refractivity contribution in [2.75, 3.05) is 24.5 Å². The normalized spacial score (nSPS) is 17.5. The van der Waals surface area contributed by atoms with Crippen LogP contribution in [0.2, 0.25) is 0 Å². The van der Waals surface area contributed by atoms with E-state index in [1.54, 1.807) is 12.4 Å². The molecule has 0 radical (unpaired) electrons. The van der Waals surface area contributed by atoms with Crippen LogP contribution in [0.1, 0.15) is 20.8 Å². The van der Waals surface area contributed by atoms with Gasteiger partial charge in [0.2, 0.25) is 12.1 Å². The number of hydrogen-bond acceptors (Lipinski definition) is 5. The van der Waals surface area contributed by atoms with E-state index < -0.39 is 5.82 Å². The zero-order valence-corrected chi connectivity index (χ0v) is 16.7. The lowest BCUT2D eigenvalue weighted by atomic mass is 10.1. The van der Waals surface area contributed by atoms with Crippen LogP contribution in [0.5, 0.6) is 5.75 Å². The topological polar surface area (TPSA) is 70.0 Å². The maximum absolute atomic E-state index is 14.3. The summed E-state index contributed by atoms with van der Waals surface area (Å²) < 4.78 is 21.9. The Bertz CT molecular complexity index is 1000. The van der Waals surface area contributed by atoms with Gasteiger partial charge in [0.05, 0.1) is 37.8 Å². The molecule has 1 atom stereocenters. The maximum atomic E-state index is 14.3. The van der Waals surface area contributed by atoms with Gasteiger partial charge in [-0.2, -0.15) is 5.10 Å². The highest BCUT2D eigenvalue weighted by Gasteiger charge is 2.25. The fourth-order valence-electron chi connectivity index (χ4n) is 3.61. The fraction of sp³-hybridized carbons (Fsp3) is 0.450. The summed E-state index contributed by atoms with van der Waals surface area (Å²) in [7, 11) is 1.99. The van der Waals surface area contributed by atoms with Crippen molar-refractivity contribution in [2.24, 2.45) is 7.05 Å². The van der Waals surface area contributed by atoms with Crippen molar-refractivity contribution in [1.82, 2.24) is 20.5 Å². The summed E-state index contributed by atoms with van der Waals surface area (Å²) >= 11 is 0. The van der Waals surface area contributed by atoms with E-state index in [9.17, 15) is 4.39 Å². The first-order valence-electron chi connectivity index (χ1n) is 9.61. The number of anilines is 1. The van der Waals surface area contributed by atoms with E-state index in [0.717, 1.165) is 36.5 Å². The van der Waals surface area contributed by atoms with E-state index in [0.29, 0.717) is 17.3 Å². The monoisotopic (exact) mass is 385 g/mol. The lowest BCUT2D eigenvalue weighted by molar-refractivity contribution is -0.661. The third-order valence-electron chi connectivity index (χ3n) is 4.91. The SMILES string of the molecule is CC1CN(c2cc(-c3n[nH]c4cc(F)c(OC(C)C)cc34)nc[n+]2C)CCN1. The van der Waals surface area contributed by atoms with Gasteiger partial charge in [0.15, 0.2) is 17.3 Å². The average molecular weight is 385 g/mol. The lowest BCUT2D eigenvalue weighted by Crippen LogP contribution is -2.52. The Morgan fingerprint density at radius 2 is 2.14 bits per heavy atom. The van der Waals surface area contributed by atoms with E-state index in [2.05, 4.69) is 32.3 Å². The molecule has 1 unspecified atom stereocenters. The second-order valence-electron chi connectivity index (χ2n) is 7.61. The zero-order valence-electron chi connectivity index (χ0n) is 16.7. The Morgan fingerprint density at radius 1 is 1.32 bits per heavy atom. The lowest BCUT2D eigenvalue weighted by Gasteiger charge is -2.29. The quantitative estimate of drug-likeness (QED) is 0.674. The Balaban J connectivity index is 1.76. The molecule has 3 aromatic rings. The molecule has 1 fully saturated rings. The van der Waals surface area contributed by atoms with Gasteiger partial charge in [-0.05, 0) is 26.8 Å². The van der Waals surface area contributed by atoms with Gasteiger partial charge in [-0.15, -0.1) is 4.98 Å². The number of H-pyrrole nitrogens is 1. The molecule has 8 heteroatoms. The number of ether oxygens (including phenoxy) is 1. The highest BCUT2D eigenvalue weighted by atomic mass is 19.1. The van der Waals surface area contributed by atoms with Crippen LogP contribution in [0.25, 0.3) is 22.3 Å². The van der Waals surface area contributed by atoms with Gasteiger partial charge >= 0.3 is 0 Å². The molecule has 1 aliphatic heterocycles. The number of halogens is 1. The molecule has 1 saturated heterocycles. The van der Waals surface area contributed by atoms with E-state index >= 15 is 0 Å². The molecule has 148 valence electrons. The predicted molar refractivity (Wildman–Crippen MR) is 106 cm³/mol. The maximum Gasteiger partial charge on any atom is 0.227 e. The minimum Gasteiger partial charge on any atom is -0.488 e. The first-order chi connectivity index (χ1) is 13.4. The summed E-state index contributed by atoms with van der Waals surface area (Å²) in [6, 6.07) is 5.59. The minimum absolute atomic E-state index is 0.113. The fourth-order valence-corrected chi connectivity index (χ4v) is 3.61. The number of hydrogen-bond donors (Lipinski definition) is 2. The number of aromatic amines is 1. The molecular weight excluding hydrogens is 359 g/mol. The van der Waals surface area contributed by atoms with Gasteiger partial charge < -0.3 is 10.1 Å². The summed E-state index contributed by atoms with van der Waals surface area (Å²) in [5.74, 6) is 0.900.